The summed E-state index contributed by atoms with van der Waals surface area (Å²) in [4.78, 5) is 0. The fourth-order valence-electron chi connectivity index (χ4n) is 2.95. The van der Waals surface area contributed by atoms with Gasteiger partial charge in [-0.2, -0.15) is 0 Å². The monoisotopic (exact) mass is 150 g/mol. The fourth-order valence-corrected chi connectivity index (χ4v) is 2.95. The molecule has 3 fully saturated rings. The van der Waals surface area contributed by atoms with E-state index < -0.39 is 0 Å². The van der Waals surface area contributed by atoms with Crippen LogP contribution in [-0.2, 0) is 0 Å². The maximum atomic E-state index is 1.55. The van der Waals surface area contributed by atoms with Crippen molar-refractivity contribution in [2.45, 2.75) is 51.2 Å². The summed E-state index contributed by atoms with van der Waals surface area (Å²) in [6.07, 6.45) is 12.4. The van der Waals surface area contributed by atoms with Crippen LogP contribution >= 0.6 is 0 Å². The zero-order chi connectivity index (χ0) is 7.52. The van der Waals surface area contributed by atoms with Crippen LogP contribution in [0.4, 0.5) is 0 Å². The van der Waals surface area contributed by atoms with Crippen molar-refractivity contribution in [3.63, 3.8) is 0 Å². The molecular weight excluding hydrogens is 131 g/mol. The number of fused-ring (bicyclic) bond motifs is 6. The Morgan fingerprint density at radius 3 is 1.64 bits per heavy atom. The van der Waals surface area contributed by atoms with E-state index in [1.165, 1.54) is 20.1 Å². The molecule has 3 aliphatic rings. The van der Waals surface area contributed by atoms with Crippen LogP contribution in [0, 0.1) is 11.8 Å². The second-order valence-electron chi connectivity index (χ2n) is 4.52. The van der Waals surface area contributed by atoms with Gasteiger partial charge in [-0.25, -0.2) is 0 Å². The van der Waals surface area contributed by atoms with E-state index in [0.29, 0.717) is 0 Å². The summed E-state index contributed by atoms with van der Waals surface area (Å²) in [6, 6.07) is 0. The summed E-state index contributed by atoms with van der Waals surface area (Å²) in [6.45, 7) is 0. The third-order valence-electron chi connectivity index (χ3n) is 3.67. The molecule has 0 amide bonds. The van der Waals surface area contributed by atoms with E-state index in [9.17, 15) is 0 Å². The van der Waals surface area contributed by atoms with Crippen LogP contribution in [-0.4, -0.2) is 7.28 Å². The largest absolute Gasteiger partial charge is 0.121 e. The van der Waals surface area contributed by atoms with E-state index in [4.69, 9.17) is 0 Å². The lowest BCUT2D eigenvalue weighted by Crippen LogP contribution is -2.17. The highest BCUT2D eigenvalue weighted by atomic mass is 14.2. The molecule has 0 radical (unpaired) electrons. The molecule has 2 heterocycles. The van der Waals surface area contributed by atoms with Crippen LogP contribution < -0.4 is 0 Å². The molecular formula is C10H19B. The van der Waals surface area contributed by atoms with E-state index in [1.54, 1.807) is 38.3 Å². The Bertz CT molecular complexity index is 86.3. The highest BCUT2D eigenvalue weighted by Gasteiger charge is 2.20. The molecule has 3 rings (SSSR count). The molecule has 0 N–H and O–H groups in total. The van der Waals surface area contributed by atoms with Crippen molar-refractivity contribution in [2.75, 3.05) is 0 Å². The van der Waals surface area contributed by atoms with E-state index in [-0.39, 0.29) is 0 Å². The summed E-state index contributed by atoms with van der Waals surface area (Å²) in [5, 5.41) is 0. The van der Waals surface area contributed by atoms with Gasteiger partial charge < -0.3 is 0 Å². The maximum Gasteiger partial charge on any atom is 0.121 e. The van der Waals surface area contributed by atoms with Gasteiger partial charge in [0.15, 0.2) is 0 Å². The molecule has 0 aromatic carbocycles. The van der Waals surface area contributed by atoms with Gasteiger partial charge in [0.2, 0.25) is 0 Å². The first kappa shape index (κ1) is 7.70. The first-order valence-corrected chi connectivity index (χ1v) is 5.45. The third kappa shape index (κ3) is 2.01. The second kappa shape index (κ2) is 3.64. The van der Waals surface area contributed by atoms with Crippen LogP contribution in [0.25, 0.3) is 0 Å². The zero-order valence-electron chi connectivity index (χ0n) is 7.52. The normalized spacial score (nSPS) is 38.5. The molecule has 11 heavy (non-hydrogen) atoms. The average Bonchev–Trinajstić information content (AvgIpc) is 1.80. The summed E-state index contributed by atoms with van der Waals surface area (Å²) < 4.78 is 0. The second-order valence-corrected chi connectivity index (χ2v) is 4.52. The molecule has 2 saturated heterocycles. The fraction of sp³-hybridized carbons (Fsp3) is 1.00. The highest BCUT2D eigenvalue weighted by Crippen LogP contribution is 2.33. The Morgan fingerprint density at radius 1 is 0.727 bits per heavy atom. The topological polar surface area (TPSA) is 0 Å². The van der Waals surface area contributed by atoms with E-state index in [0.717, 1.165) is 11.8 Å². The van der Waals surface area contributed by atoms with E-state index in [2.05, 4.69) is 0 Å². The molecule has 1 aliphatic carbocycles. The minimum absolute atomic E-state index is 1.12. The Morgan fingerprint density at radius 2 is 1.18 bits per heavy atom. The van der Waals surface area contributed by atoms with Crippen LogP contribution in [0.15, 0.2) is 0 Å². The number of rotatable bonds is 0. The van der Waals surface area contributed by atoms with E-state index >= 15 is 0 Å². The van der Waals surface area contributed by atoms with Crippen LogP contribution in [0.2, 0.25) is 12.6 Å². The van der Waals surface area contributed by atoms with Crippen molar-refractivity contribution in [3.05, 3.63) is 0 Å². The Kier molecular flexibility index (Phi) is 2.55. The summed E-state index contributed by atoms with van der Waals surface area (Å²) >= 11 is 0. The van der Waals surface area contributed by atoms with Crippen molar-refractivity contribution >= 4 is 7.28 Å². The van der Waals surface area contributed by atoms with Crippen LogP contribution in [0.3, 0.4) is 0 Å². The minimum Gasteiger partial charge on any atom is -0.0746 e. The summed E-state index contributed by atoms with van der Waals surface area (Å²) in [7, 11) is 1.54. The predicted molar refractivity (Wildman–Crippen MR) is 51.4 cm³/mol. The van der Waals surface area contributed by atoms with Gasteiger partial charge in [0.05, 0.1) is 0 Å². The summed E-state index contributed by atoms with van der Waals surface area (Å²) in [5.41, 5.74) is 0. The molecule has 0 nitrogen and oxygen atoms in total. The molecule has 0 atom stereocenters. The zero-order valence-corrected chi connectivity index (χ0v) is 7.52. The van der Waals surface area contributed by atoms with Gasteiger partial charge in [0, 0.05) is 0 Å². The van der Waals surface area contributed by atoms with Gasteiger partial charge in [0.25, 0.3) is 0 Å². The predicted octanol–water partition coefficient (Wildman–Crippen LogP) is 2.86. The van der Waals surface area contributed by atoms with Crippen molar-refractivity contribution < 1.29 is 0 Å². The van der Waals surface area contributed by atoms with Crippen molar-refractivity contribution in [1.29, 1.82) is 0 Å². The van der Waals surface area contributed by atoms with Crippen molar-refractivity contribution in [3.8, 4) is 0 Å². The van der Waals surface area contributed by atoms with Crippen molar-refractivity contribution in [1.82, 2.24) is 0 Å². The van der Waals surface area contributed by atoms with Gasteiger partial charge in [-0.1, -0.05) is 51.2 Å². The smallest absolute Gasteiger partial charge is 0.0746 e. The number of hydrogen-bond donors (Lipinski definition) is 0. The molecule has 1 saturated carbocycles. The van der Waals surface area contributed by atoms with Gasteiger partial charge in [0.1, 0.15) is 7.28 Å². The highest BCUT2D eigenvalue weighted by molar-refractivity contribution is 6.35. The lowest BCUT2D eigenvalue weighted by atomic mass is 9.57. The Labute approximate surface area is 71.0 Å². The Balaban J connectivity index is 1.96. The van der Waals surface area contributed by atoms with Crippen LogP contribution in [0.1, 0.15) is 38.5 Å². The third-order valence-corrected chi connectivity index (χ3v) is 3.67. The summed E-state index contributed by atoms with van der Waals surface area (Å²) in [5.74, 6) is 2.24. The van der Waals surface area contributed by atoms with Gasteiger partial charge in [-0.3, -0.25) is 0 Å². The van der Waals surface area contributed by atoms with Crippen molar-refractivity contribution in [2.24, 2.45) is 11.8 Å². The molecule has 0 aromatic heterocycles. The molecule has 2 bridgehead atoms. The first-order chi connectivity index (χ1) is 5.45. The standard InChI is InChI=1S/C10H19B/c1-3-9-5-2-6-10(4-1)8-11-7-9/h9-11H,1-8H2. The minimum atomic E-state index is 1.12. The quantitative estimate of drug-likeness (QED) is 0.465. The molecule has 0 aromatic rings. The SMILES string of the molecule is B1CC2CCCC(C1)CCC2. The lowest BCUT2D eigenvalue weighted by molar-refractivity contribution is 0.333. The lowest BCUT2D eigenvalue weighted by Gasteiger charge is -2.28. The van der Waals surface area contributed by atoms with Gasteiger partial charge in [-0.15, -0.1) is 0 Å². The average molecular weight is 150 g/mol. The van der Waals surface area contributed by atoms with Crippen LogP contribution in [0.5, 0.6) is 0 Å². The molecule has 1 heteroatoms. The number of hydrogen-bond acceptors (Lipinski definition) is 0. The molecule has 0 unspecified atom stereocenters. The van der Waals surface area contributed by atoms with Gasteiger partial charge >= 0.3 is 0 Å². The maximum absolute atomic E-state index is 1.55. The molecule has 2 aliphatic heterocycles. The first-order valence-electron chi connectivity index (χ1n) is 5.45. The van der Waals surface area contributed by atoms with E-state index in [1.807, 2.05) is 0 Å². The molecule has 0 spiro atoms. The Hall–Kier alpha value is 0.0649. The van der Waals surface area contributed by atoms with Gasteiger partial charge in [-0.05, 0) is 11.8 Å². The molecule has 62 valence electrons.